The molecule has 0 radical (unpaired) electrons. The van der Waals surface area contributed by atoms with Crippen LogP contribution in [0.2, 0.25) is 0 Å². The van der Waals surface area contributed by atoms with Gasteiger partial charge < -0.3 is 0 Å². The third-order valence-corrected chi connectivity index (χ3v) is 5.29. The zero-order valence-corrected chi connectivity index (χ0v) is 9.47. The van der Waals surface area contributed by atoms with Crippen molar-refractivity contribution in [2.24, 2.45) is 23.2 Å². The molecule has 0 aromatic heterocycles. The van der Waals surface area contributed by atoms with Gasteiger partial charge in [0.05, 0.1) is 0 Å². The minimum atomic E-state index is 0.678. The van der Waals surface area contributed by atoms with Gasteiger partial charge in [0, 0.05) is 0 Å². The molecule has 2 rings (SSSR count). The fourth-order valence-corrected chi connectivity index (χ4v) is 3.91. The van der Waals surface area contributed by atoms with E-state index in [9.17, 15) is 0 Å². The second-order valence-corrected chi connectivity index (χ2v) is 5.73. The Hall–Kier alpha value is 0. The van der Waals surface area contributed by atoms with Gasteiger partial charge in [-0.1, -0.05) is 40.0 Å². The van der Waals surface area contributed by atoms with Gasteiger partial charge in [0.15, 0.2) is 0 Å². The molecule has 0 spiro atoms. The molecule has 76 valence electrons. The Labute approximate surface area is 83.1 Å². The molecule has 0 saturated heterocycles. The van der Waals surface area contributed by atoms with Gasteiger partial charge >= 0.3 is 0 Å². The van der Waals surface area contributed by atoms with Crippen molar-refractivity contribution in [1.82, 2.24) is 0 Å². The van der Waals surface area contributed by atoms with Crippen LogP contribution in [0, 0.1) is 23.2 Å². The molecule has 2 aliphatic rings. The highest BCUT2D eigenvalue weighted by molar-refractivity contribution is 4.94. The first-order chi connectivity index (χ1) is 6.16. The molecule has 0 aromatic carbocycles. The quantitative estimate of drug-likeness (QED) is 0.566. The minimum Gasteiger partial charge on any atom is -0.0648 e. The van der Waals surface area contributed by atoms with Crippen molar-refractivity contribution in [2.75, 3.05) is 0 Å². The molecular weight excluding hydrogens is 156 g/mol. The zero-order valence-electron chi connectivity index (χ0n) is 9.47. The molecule has 0 amide bonds. The van der Waals surface area contributed by atoms with Gasteiger partial charge in [0.2, 0.25) is 0 Å². The summed E-state index contributed by atoms with van der Waals surface area (Å²) in [5.41, 5.74) is 0.678. The fraction of sp³-hybridized carbons (Fsp3) is 1.00. The van der Waals surface area contributed by atoms with E-state index in [0.717, 1.165) is 17.8 Å². The van der Waals surface area contributed by atoms with Crippen molar-refractivity contribution in [3.05, 3.63) is 0 Å². The Balaban J connectivity index is 2.17. The predicted molar refractivity (Wildman–Crippen MR) is 57.6 cm³/mol. The first-order valence-corrected chi connectivity index (χ1v) is 6.16. The Morgan fingerprint density at radius 3 is 2.69 bits per heavy atom. The van der Waals surface area contributed by atoms with Gasteiger partial charge in [-0.3, -0.25) is 0 Å². The summed E-state index contributed by atoms with van der Waals surface area (Å²) >= 11 is 0. The maximum atomic E-state index is 2.55. The smallest absolute Gasteiger partial charge is 0.0274 e. The molecule has 2 saturated carbocycles. The number of rotatable bonds is 1. The summed E-state index contributed by atoms with van der Waals surface area (Å²) in [5, 5.41) is 0. The van der Waals surface area contributed by atoms with Crippen molar-refractivity contribution < 1.29 is 0 Å². The van der Waals surface area contributed by atoms with E-state index in [4.69, 9.17) is 0 Å². The van der Waals surface area contributed by atoms with E-state index < -0.39 is 0 Å². The van der Waals surface area contributed by atoms with Crippen LogP contribution in [0.1, 0.15) is 59.3 Å². The van der Waals surface area contributed by atoms with E-state index in [2.05, 4.69) is 20.8 Å². The van der Waals surface area contributed by atoms with Gasteiger partial charge in [0.25, 0.3) is 0 Å². The summed E-state index contributed by atoms with van der Waals surface area (Å²) < 4.78 is 0. The van der Waals surface area contributed by atoms with Crippen molar-refractivity contribution in [1.29, 1.82) is 0 Å². The van der Waals surface area contributed by atoms with Crippen LogP contribution in [0.4, 0.5) is 0 Å². The highest BCUT2D eigenvalue weighted by Gasteiger charge is 2.44. The molecule has 0 N–H and O–H groups in total. The lowest BCUT2D eigenvalue weighted by molar-refractivity contribution is -0.0133. The van der Waals surface area contributed by atoms with Gasteiger partial charge in [-0.05, 0) is 42.4 Å². The first kappa shape index (κ1) is 9.55. The van der Waals surface area contributed by atoms with Crippen LogP contribution in [0.15, 0.2) is 0 Å². The van der Waals surface area contributed by atoms with E-state index >= 15 is 0 Å². The number of hydrogen-bond donors (Lipinski definition) is 0. The summed E-state index contributed by atoms with van der Waals surface area (Å²) in [6.07, 6.45) is 9.02. The first-order valence-electron chi connectivity index (χ1n) is 6.16. The van der Waals surface area contributed by atoms with Crippen LogP contribution in [0.3, 0.4) is 0 Å². The molecule has 0 heteroatoms. The van der Waals surface area contributed by atoms with E-state index in [1.54, 1.807) is 6.42 Å². The molecule has 0 aliphatic heterocycles. The summed E-state index contributed by atoms with van der Waals surface area (Å²) in [7, 11) is 0. The Bertz CT molecular complexity index is 182. The summed E-state index contributed by atoms with van der Waals surface area (Å²) in [4.78, 5) is 0. The largest absolute Gasteiger partial charge is 0.0648 e. The summed E-state index contributed by atoms with van der Waals surface area (Å²) in [6, 6.07) is 0. The lowest BCUT2D eigenvalue weighted by Gasteiger charge is -2.51. The number of fused-ring (bicyclic) bond motifs is 2. The van der Waals surface area contributed by atoms with Crippen molar-refractivity contribution in [3.8, 4) is 0 Å². The second-order valence-electron chi connectivity index (χ2n) is 5.73. The van der Waals surface area contributed by atoms with Crippen LogP contribution >= 0.6 is 0 Å². The molecule has 4 unspecified atom stereocenters. The van der Waals surface area contributed by atoms with Gasteiger partial charge in [-0.2, -0.15) is 0 Å². The highest BCUT2D eigenvalue weighted by atomic mass is 14.5. The monoisotopic (exact) mass is 180 g/mol. The molecule has 13 heavy (non-hydrogen) atoms. The molecular formula is C13H24. The van der Waals surface area contributed by atoms with Crippen LogP contribution < -0.4 is 0 Å². The van der Waals surface area contributed by atoms with Crippen molar-refractivity contribution in [2.45, 2.75) is 59.3 Å². The predicted octanol–water partition coefficient (Wildman–Crippen LogP) is 4.25. The third kappa shape index (κ3) is 1.43. The lowest BCUT2D eigenvalue weighted by Crippen LogP contribution is -2.42. The molecule has 0 aromatic rings. The molecule has 2 aliphatic carbocycles. The van der Waals surface area contributed by atoms with E-state index in [0.29, 0.717) is 5.41 Å². The van der Waals surface area contributed by atoms with Crippen molar-refractivity contribution >= 4 is 0 Å². The van der Waals surface area contributed by atoms with Gasteiger partial charge in [-0.25, -0.2) is 0 Å². The lowest BCUT2D eigenvalue weighted by atomic mass is 9.54. The molecule has 2 bridgehead atoms. The standard InChI is InChI=1S/C13H24/c1-4-13(3)10(2)8-11-6-5-7-12(13)9-11/h10-12H,4-9H2,1-3H3. The van der Waals surface area contributed by atoms with Gasteiger partial charge in [0.1, 0.15) is 0 Å². The molecule has 2 fully saturated rings. The zero-order chi connectivity index (χ0) is 9.47. The SMILES string of the molecule is CCC1(C)C(C)CC2CCCC1C2. The maximum Gasteiger partial charge on any atom is -0.0274 e. The van der Waals surface area contributed by atoms with Crippen LogP contribution in [-0.2, 0) is 0 Å². The summed E-state index contributed by atoms with van der Waals surface area (Å²) in [5.74, 6) is 3.12. The molecule has 4 atom stereocenters. The highest BCUT2D eigenvalue weighted by Crippen LogP contribution is 2.54. The fourth-order valence-electron chi connectivity index (χ4n) is 3.91. The Kier molecular flexibility index (Phi) is 2.42. The van der Waals surface area contributed by atoms with E-state index in [1.165, 1.54) is 32.1 Å². The molecule has 0 heterocycles. The molecule has 0 nitrogen and oxygen atoms in total. The average molecular weight is 180 g/mol. The van der Waals surface area contributed by atoms with Gasteiger partial charge in [-0.15, -0.1) is 0 Å². The topological polar surface area (TPSA) is 0 Å². The summed E-state index contributed by atoms with van der Waals surface area (Å²) in [6.45, 7) is 7.43. The van der Waals surface area contributed by atoms with Crippen LogP contribution in [0.25, 0.3) is 0 Å². The van der Waals surface area contributed by atoms with Crippen LogP contribution in [-0.4, -0.2) is 0 Å². The van der Waals surface area contributed by atoms with E-state index in [1.807, 2.05) is 0 Å². The third-order valence-electron chi connectivity index (χ3n) is 5.29. The van der Waals surface area contributed by atoms with E-state index in [-0.39, 0.29) is 0 Å². The number of hydrogen-bond acceptors (Lipinski definition) is 0. The normalized spacial score (nSPS) is 50.5. The average Bonchev–Trinajstić information content (AvgIpc) is 2.15. The Morgan fingerprint density at radius 1 is 1.23 bits per heavy atom. The minimum absolute atomic E-state index is 0.678. The maximum absolute atomic E-state index is 2.55. The Morgan fingerprint density at radius 2 is 2.00 bits per heavy atom. The van der Waals surface area contributed by atoms with Crippen molar-refractivity contribution in [3.63, 3.8) is 0 Å². The second kappa shape index (κ2) is 3.29. The van der Waals surface area contributed by atoms with Crippen LogP contribution in [0.5, 0.6) is 0 Å².